The molecule has 5 heteroatoms. The third-order valence-electron chi connectivity index (χ3n) is 2.74. The van der Waals surface area contributed by atoms with Gasteiger partial charge in [-0.3, -0.25) is 9.48 Å². The van der Waals surface area contributed by atoms with Crippen LogP contribution in [0.15, 0.2) is 30.5 Å². The van der Waals surface area contributed by atoms with E-state index in [2.05, 4.69) is 22.3 Å². The van der Waals surface area contributed by atoms with E-state index in [1.165, 1.54) is 0 Å². The number of anilines is 1. The highest BCUT2D eigenvalue weighted by Crippen LogP contribution is 2.12. The van der Waals surface area contributed by atoms with E-state index in [1.54, 1.807) is 30.1 Å². The topological polar surface area (TPSA) is 72.9 Å². The zero-order chi connectivity index (χ0) is 14.5. The Bertz CT molecular complexity index is 691. The second kappa shape index (κ2) is 6.04. The molecule has 0 saturated carbocycles. The SMILES string of the molecule is Cc1cc(C#CCN)cc(C(=O)Nc2ccnn2C)c1. The lowest BCUT2D eigenvalue weighted by Gasteiger charge is -2.06. The first-order valence-electron chi connectivity index (χ1n) is 6.20. The van der Waals surface area contributed by atoms with Gasteiger partial charge >= 0.3 is 0 Å². The first-order valence-corrected chi connectivity index (χ1v) is 6.20. The Morgan fingerprint density at radius 3 is 2.90 bits per heavy atom. The minimum absolute atomic E-state index is 0.187. The van der Waals surface area contributed by atoms with Crippen LogP contribution in [0.3, 0.4) is 0 Å². The molecule has 0 spiro atoms. The average molecular weight is 268 g/mol. The van der Waals surface area contributed by atoms with Crippen molar-refractivity contribution in [1.82, 2.24) is 9.78 Å². The molecule has 2 rings (SSSR count). The highest BCUT2D eigenvalue weighted by Gasteiger charge is 2.09. The number of hydrogen-bond donors (Lipinski definition) is 2. The standard InChI is InChI=1S/C15H16N4O/c1-11-8-12(4-3-6-16)10-13(9-11)15(20)18-14-5-7-17-19(14)2/h5,7-10H,6,16H2,1-2H3,(H,18,20). The highest BCUT2D eigenvalue weighted by atomic mass is 16.1. The molecule has 0 aliphatic rings. The van der Waals surface area contributed by atoms with Crippen molar-refractivity contribution < 1.29 is 4.79 Å². The van der Waals surface area contributed by atoms with Gasteiger partial charge in [0.05, 0.1) is 12.7 Å². The van der Waals surface area contributed by atoms with Gasteiger partial charge < -0.3 is 11.1 Å². The van der Waals surface area contributed by atoms with Gasteiger partial charge in [0.1, 0.15) is 5.82 Å². The molecule has 0 radical (unpaired) electrons. The van der Waals surface area contributed by atoms with Crippen molar-refractivity contribution in [3.63, 3.8) is 0 Å². The molecule has 2 aromatic rings. The van der Waals surface area contributed by atoms with E-state index >= 15 is 0 Å². The van der Waals surface area contributed by atoms with Gasteiger partial charge in [0.15, 0.2) is 0 Å². The van der Waals surface area contributed by atoms with E-state index in [4.69, 9.17) is 5.73 Å². The molecule has 1 aromatic carbocycles. The second-order valence-electron chi connectivity index (χ2n) is 4.39. The average Bonchev–Trinajstić information content (AvgIpc) is 2.81. The van der Waals surface area contributed by atoms with Crippen molar-refractivity contribution in [2.45, 2.75) is 6.92 Å². The van der Waals surface area contributed by atoms with Crippen molar-refractivity contribution in [2.24, 2.45) is 12.8 Å². The monoisotopic (exact) mass is 268 g/mol. The molecule has 0 fully saturated rings. The molecular formula is C15H16N4O. The van der Waals surface area contributed by atoms with Gasteiger partial charge in [-0.1, -0.05) is 11.8 Å². The van der Waals surface area contributed by atoms with E-state index in [1.807, 2.05) is 19.1 Å². The molecule has 0 aliphatic carbocycles. The van der Waals surface area contributed by atoms with Gasteiger partial charge in [0.25, 0.3) is 5.91 Å². The minimum Gasteiger partial charge on any atom is -0.320 e. The van der Waals surface area contributed by atoms with Gasteiger partial charge in [-0.15, -0.1) is 0 Å². The molecule has 0 unspecified atom stereocenters. The number of aryl methyl sites for hydroxylation is 2. The fraction of sp³-hybridized carbons (Fsp3) is 0.200. The molecule has 102 valence electrons. The number of benzene rings is 1. The fourth-order valence-electron chi connectivity index (χ4n) is 1.82. The molecule has 1 amide bonds. The maximum Gasteiger partial charge on any atom is 0.256 e. The van der Waals surface area contributed by atoms with E-state index in [9.17, 15) is 4.79 Å². The number of carbonyl (C=O) groups is 1. The van der Waals surface area contributed by atoms with Gasteiger partial charge in [-0.25, -0.2) is 0 Å². The summed E-state index contributed by atoms with van der Waals surface area (Å²) in [6.07, 6.45) is 1.63. The summed E-state index contributed by atoms with van der Waals surface area (Å²) in [5.74, 6) is 6.18. The maximum atomic E-state index is 12.2. The van der Waals surface area contributed by atoms with Crippen molar-refractivity contribution in [2.75, 3.05) is 11.9 Å². The van der Waals surface area contributed by atoms with E-state index in [0.717, 1.165) is 11.1 Å². The molecule has 1 aromatic heterocycles. The zero-order valence-corrected chi connectivity index (χ0v) is 11.5. The highest BCUT2D eigenvalue weighted by molar-refractivity contribution is 6.04. The number of aromatic nitrogens is 2. The second-order valence-corrected chi connectivity index (χ2v) is 4.39. The molecule has 0 aliphatic heterocycles. The molecule has 20 heavy (non-hydrogen) atoms. The van der Waals surface area contributed by atoms with E-state index in [-0.39, 0.29) is 5.91 Å². The number of nitrogens with two attached hydrogens (primary N) is 1. The Labute approximate surface area is 117 Å². The van der Waals surface area contributed by atoms with Gasteiger partial charge in [-0.05, 0) is 30.7 Å². The smallest absolute Gasteiger partial charge is 0.256 e. The molecule has 0 bridgehead atoms. The Balaban J connectivity index is 2.25. The number of carbonyl (C=O) groups excluding carboxylic acids is 1. The van der Waals surface area contributed by atoms with Crippen molar-refractivity contribution in [3.05, 3.63) is 47.2 Å². The molecule has 0 atom stereocenters. The number of rotatable bonds is 2. The number of amides is 1. The number of hydrogen-bond acceptors (Lipinski definition) is 3. The van der Waals surface area contributed by atoms with Crippen molar-refractivity contribution >= 4 is 11.7 Å². The Hall–Kier alpha value is -2.58. The Kier molecular flexibility index (Phi) is 4.18. The summed E-state index contributed by atoms with van der Waals surface area (Å²) >= 11 is 0. The molecule has 1 heterocycles. The van der Waals surface area contributed by atoms with Gasteiger partial charge in [0.2, 0.25) is 0 Å². The van der Waals surface area contributed by atoms with E-state index in [0.29, 0.717) is 17.9 Å². The van der Waals surface area contributed by atoms with Crippen LogP contribution < -0.4 is 11.1 Å². The summed E-state index contributed by atoms with van der Waals surface area (Å²) in [7, 11) is 1.77. The first kappa shape index (κ1) is 13.8. The lowest BCUT2D eigenvalue weighted by atomic mass is 10.1. The minimum atomic E-state index is -0.187. The van der Waals surface area contributed by atoms with Gasteiger partial charge in [0, 0.05) is 24.2 Å². The maximum absolute atomic E-state index is 12.2. The molecule has 0 saturated heterocycles. The predicted octanol–water partition coefficient (Wildman–Crippen LogP) is 1.29. The van der Waals surface area contributed by atoms with E-state index < -0.39 is 0 Å². The summed E-state index contributed by atoms with van der Waals surface area (Å²) in [6.45, 7) is 2.22. The van der Waals surface area contributed by atoms with Crippen LogP contribution in [-0.4, -0.2) is 22.2 Å². The number of nitrogens with one attached hydrogen (secondary N) is 1. The van der Waals surface area contributed by atoms with Crippen LogP contribution in [0.1, 0.15) is 21.5 Å². The van der Waals surface area contributed by atoms with Crippen LogP contribution in [0.5, 0.6) is 0 Å². The fourth-order valence-corrected chi connectivity index (χ4v) is 1.82. The lowest BCUT2D eigenvalue weighted by Crippen LogP contribution is -2.15. The van der Waals surface area contributed by atoms with Crippen LogP contribution >= 0.6 is 0 Å². The summed E-state index contributed by atoms with van der Waals surface area (Å²) in [4.78, 5) is 12.2. The van der Waals surface area contributed by atoms with Crippen LogP contribution in [0, 0.1) is 18.8 Å². The van der Waals surface area contributed by atoms with Crippen molar-refractivity contribution in [1.29, 1.82) is 0 Å². The third-order valence-corrected chi connectivity index (χ3v) is 2.74. The first-order chi connectivity index (χ1) is 9.60. The summed E-state index contributed by atoms with van der Waals surface area (Å²) in [5.41, 5.74) is 7.68. The van der Waals surface area contributed by atoms with Crippen LogP contribution in [0.4, 0.5) is 5.82 Å². The largest absolute Gasteiger partial charge is 0.320 e. The zero-order valence-electron chi connectivity index (χ0n) is 11.5. The molecule has 3 N–H and O–H groups in total. The predicted molar refractivity (Wildman–Crippen MR) is 78.3 cm³/mol. The van der Waals surface area contributed by atoms with Gasteiger partial charge in [-0.2, -0.15) is 5.10 Å². The van der Waals surface area contributed by atoms with Crippen LogP contribution in [-0.2, 0) is 7.05 Å². The van der Waals surface area contributed by atoms with Crippen LogP contribution in [0.25, 0.3) is 0 Å². The molecule has 5 nitrogen and oxygen atoms in total. The summed E-state index contributed by atoms with van der Waals surface area (Å²) in [6, 6.07) is 7.23. The third kappa shape index (κ3) is 3.25. The number of nitrogens with zero attached hydrogens (tertiary/aromatic N) is 2. The van der Waals surface area contributed by atoms with Crippen LogP contribution in [0.2, 0.25) is 0 Å². The van der Waals surface area contributed by atoms with Crippen molar-refractivity contribution in [3.8, 4) is 11.8 Å². The Morgan fingerprint density at radius 2 is 2.25 bits per heavy atom. The Morgan fingerprint density at radius 1 is 1.45 bits per heavy atom. The lowest BCUT2D eigenvalue weighted by molar-refractivity contribution is 0.102. The normalized spacial score (nSPS) is 9.75. The molecular weight excluding hydrogens is 252 g/mol. The quantitative estimate of drug-likeness (QED) is 0.806. The summed E-state index contributed by atoms with van der Waals surface area (Å²) in [5, 5.41) is 6.81. The summed E-state index contributed by atoms with van der Waals surface area (Å²) < 4.78 is 1.60.